The molecule has 0 aromatic heterocycles. The number of carbonyl (C=O) groups is 1. The number of para-hydroxylation sites is 1. The van der Waals surface area contributed by atoms with Gasteiger partial charge in [-0.05, 0) is 72.0 Å². The molecule has 3 atom stereocenters. The third kappa shape index (κ3) is 4.60. The molecule has 1 saturated heterocycles. The van der Waals surface area contributed by atoms with Crippen molar-refractivity contribution in [3.05, 3.63) is 120 Å². The van der Waals surface area contributed by atoms with Crippen LogP contribution in [0.5, 0.6) is 5.75 Å². The first-order valence-corrected chi connectivity index (χ1v) is 11.8. The molecule has 6 heteroatoms. The maximum Gasteiger partial charge on any atom is 0.233 e. The number of carbonyl (C=O) groups excluding carboxylic acids is 1. The minimum absolute atomic E-state index is 0.0947. The van der Waals surface area contributed by atoms with E-state index >= 15 is 0 Å². The van der Waals surface area contributed by atoms with E-state index in [0.717, 1.165) is 11.1 Å². The van der Waals surface area contributed by atoms with E-state index in [9.17, 15) is 23.8 Å². The van der Waals surface area contributed by atoms with Gasteiger partial charge < -0.3 is 15.1 Å². The van der Waals surface area contributed by atoms with E-state index in [-0.39, 0.29) is 35.3 Å². The lowest BCUT2D eigenvalue weighted by atomic mass is 9.78. The third-order valence-corrected chi connectivity index (χ3v) is 6.79. The lowest BCUT2D eigenvalue weighted by Gasteiger charge is -2.48. The molecule has 182 valence electrons. The van der Waals surface area contributed by atoms with Crippen LogP contribution in [0.25, 0.3) is 11.1 Å². The van der Waals surface area contributed by atoms with E-state index in [1.54, 1.807) is 41.3 Å². The van der Waals surface area contributed by atoms with Crippen molar-refractivity contribution in [2.24, 2.45) is 5.92 Å². The zero-order valence-electron chi connectivity index (χ0n) is 19.4. The predicted molar refractivity (Wildman–Crippen MR) is 134 cm³/mol. The number of aromatic hydroxyl groups is 1. The van der Waals surface area contributed by atoms with Crippen molar-refractivity contribution in [1.82, 2.24) is 0 Å². The van der Waals surface area contributed by atoms with E-state index in [1.165, 1.54) is 24.3 Å². The summed E-state index contributed by atoms with van der Waals surface area (Å²) in [4.78, 5) is 14.9. The first kappa shape index (κ1) is 23.7. The molecule has 36 heavy (non-hydrogen) atoms. The number of anilines is 1. The Morgan fingerprint density at radius 3 is 2.06 bits per heavy atom. The highest BCUT2D eigenvalue weighted by molar-refractivity contribution is 6.03. The Balaban J connectivity index is 1.40. The number of hydrogen-bond donors (Lipinski definition) is 2. The fraction of sp³-hybridized carbons (Fsp3) is 0.167. The molecule has 1 aliphatic heterocycles. The smallest absolute Gasteiger partial charge is 0.233 e. The molecule has 1 aliphatic rings. The highest BCUT2D eigenvalue weighted by Gasteiger charge is 2.48. The minimum Gasteiger partial charge on any atom is -0.507 e. The second-order valence-electron chi connectivity index (χ2n) is 9.02. The molecular weight excluding hydrogens is 460 g/mol. The Kier molecular flexibility index (Phi) is 6.53. The molecule has 4 nitrogen and oxygen atoms in total. The van der Waals surface area contributed by atoms with Gasteiger partial charge in [-0.2, -0.15) is 0 Å². The van der Waals surface area contributed by atoms with Gasteiger partial charge in [0.2, 0.25) is 5.91 Å². The number of aliphatic hydroxyl groups is 1. The van der Waals surface area contributed by atoms with Gasteiger partial charge in [0, 0.05) is 11.3 Å². The van der Waals surface area contributed by atoms with Crippen molar-refractivity contribution in [2.45, 2.75) is 25.0 Å². The number of halogens is 2. The zero-order chi connectivity index (χ0) is 25.2. The van der Waals surface area contributed by atoms with E-state index in [4.69, 9.17) is 0 Å². The molecule has 0 radical (unpaired) electrons. The zero-order valence-corrected chi connectivity index (χ0v) is 19.4. The van der Waals surface area contributed by atoms with Crippen molar-refractivity contribution < 1.29 is 23.8 Å². The van der Waals surface area contributed by atoms with Crippen molar-refractivity contribution in [1.29, 1.82) is 0 Å². The second-order valence-corrected chi connectivity index (χ2v) is 9.02. The number of hydrogen-bond acceptors (Lipinski definition) is 3. The molecule has 4 aromatic rings. The molecule has 1 heterocycles. The van der Waals surface area contributed by atoms with Gasteiger partial charge in [-0.15, -0.1) is 0 Å². The van der Waals surface area contributed by atoms with E-state index in [1.807, 2.05) is 36.4 Å². The number of phenols is 1. The number of nitrogens with zero attached hydrogens (tertiary/aromatic N) is 1. The second kappa shape index (κ2) is 9.91. The average molecular weight is 486 g/mol. The fourth-order valence-corrected chi connectivity index (χ4v) is 4.87. The monoisotopic (exact) mass is 485 g/mol. The topological polar surface area (TPSA) is 60.8 Å². The Bertz CT molecular complexity index is 1350. The first-order valence-electron chi connectivity index (χ1n) is 11.8. The van der Waals surface area contributed by atoms with E-state index in [0.29, 0.717) is 29.7 Å². The fourth-order valence-electron chi connectivity index (χ4n) is 4.87. The quantitative estimate of drug-likeness (QED) is 0.292. The highest BCUT2D eigenvalue weighted by Crippen LogP contribution is 2.46. The molecule has 0 bridgehead atoms. The molecular formula is C30H25F2NO3. The summed E-state index contributed by atoms with van der Waals surface area (Å²) in [6, 6.07) is 26.0. The standard InChI is InChI=1S/C30H25F2NO3/c31-22-11-9-20(10-12-22)27(34)18-17-26-29(33(30(26)36)24-15-13-23(32)14-16-24)21-7-5-19(6-8-21)25-3-1-2-4-28(25)35/h1-16,26-27,29,34-35H,17-18H2/t26?,27-,29?/m0/s1. The summed E-state index contributed by atoms with van der Waals surface area (Å²) in [5.74, 6) is -1.04. The van der Waals surface area contributed by atoms with Crippen LogP contribution in [-0.4, -0.2) is 16.1 Å². The van der Waals surface area contributed by atoms with Crippen LogP contribution in [0.15, 0.2) is 97.1 Å². The molecule has 1 fully saturated rings. The van der Waals surface area contributed by atoms with Crippen LogP contribution < -0.4 is 4.90 Å². The Hall–Kier alpha value is -4.03. The van der Waals surface area contributed by atoms with Gasteiger partial charge in [0.1, 0.15) is 17.4 Å². The number of rotatable bonds is 7. The Labute approximate surface area is 208 Å². The van der Waals surface area contributed by atoms with Crippen LogP contribution in [-0.2, 0) is 4.79 Å². The lowest BCUT2D eigenvalue weighted by Crippen LogP contribution is -2.55. The summed E-state index contributed by atoms with van der Waals surface area (Å²) in [7, 11) is 0. The maximum absolute atomic E-state index is 13.5. The summed E-state index contributed by atoms with van der Waals surface area (Å²) in [5.41, 5.74) is 3.66. The molecule has 0 saturated carbocycles. The minimum atomic E-state index is -0.817. The van der Waals surface area contributed by atoms with Crippen molar-refractivity contribution >= 4 is 11.6 Å². The molecule has 2 N–H and O–H groups in total. The van der Waals surface area contributed by atoms with Gasteiger partial charge in [-0.1, -0.05) is 54.6 Å². The lowest BCUT2D eigenvalue weighted by molar-refractivity contribution is -0.131. The van der Waals surface area contributed by atoms with Crippen LogP contribution in [0.2, 0.25) is 0 Å². The summed E-state index contributed by atoms with van der Waals surface area (Å²) < 4.78 is 26.8. The van der Waals surface area contributed by atoms with Gasteiger partial charge in [0.15, 0.2) is 0 Å². The van der Waals surface area contributed by atoms with Crippen molar-refractivity contribution in [3.63, 3.8) is 0 Å². The summed E-state index contributed by atoms with van der Waals surface area (Å²) in [6.45, 7) is 0. The number of amides is 1. The van der Waals surface area contributed by atoms with E-state index in [2.05, 4.69) is 0 Å². The largest absolute Gasteiger partial charge is 0.507 e. The van der Waals surface area contributed by atoms with Gasteiger partial charge in [-0.25, -0.2) is 8.78 Å². The maximum atomic E-state index is 13.5. The summed E-state index contributed by atoms with van der Waals surface area (Å²) >= 11 is 0. The number of benzene rings is 4. The van der Waals surface area contributed by atoms with Gasteiger partial charge >= 0.3 is 0 Å². The molecule has 4 aromatic carbocycles. The highest BCUT2D eigenvalue weighted by atomic mass is 19.1. The average Bonchev–Trinajstić information content (AvgIpc) is 2.89. The Morgan fingerprint density at radius 2 is 1.42 bits per heavy atom. The van der Waals surface area contributed by atoms with Crippen molar-refractivity contribution in [3.8, 4) is 16.9 Å². The SMILES string of the molecule is O=C1C(CC[C@H](O)c2ccc(F)cc2)C(c2ccc(-c3ccccc3O)cc2)N1c1ccc(F)cc1. The normalized spacial score (nSPS) is 18.1. The molecule has 2 unspecified atom stereocenters. The van der Waals surface area contributed by atoms with Gasteiger partial charge in [-0.3, -0.25) is 4.79 Å². The molecule has 1 amide bonds. The first-order chi connectivity index (χ1) is 17.4. The van der Waals surface area contributed by atoms with Crippen LogP contribution in [0, 0.1) is 17.6 Å². The van der Waals surface area contributed by atoms with Crippen LogP contribution >= 0.6 is 0 Å². The predicted octanol–water partition coefficient (Wildman–Crippen LogP) is 6.56. The number of phenolic OH excluding ortho intramolecular Hbond substituents is 1. The summed E-state index contributed by atoms with van der Waals surface area (Å²) in [6.07, 6.45) is -0.0467. The Morgan fingerprint density at radius 1 is 0.806 bits per heavy atom. The molecule has 0 spiro atoms. The van der Waals surface area contributed by atoms with Crippen LogP contribution in [0.4, 0.5) is 14.5 Å². The number of β-lactam (4-membered cyclic amide) rings is 1. The number of aliphatic hydroxyl groups excluding tert-OH is 1. The van der Waals surface area contributed by atoms with Gasteiger partial charge in [0.25, 0.3) is 0 Å². The van der Waals surface area contributed by atoms with Crippen molar-refractivity contribution in [2.75, 3.05) is 4.90 Å². The third-order valence-electron chi connectivity index (χ3n) is 6.79. The van der Waals surface area contributed by atoms with Crippen LogP contribution in [0.1, 0.15) is 36.1 Å². The van der Waals surface area contributed by atoms with Gasteiger partial charge in [0.05, 0.1) is 18.1 Å². The molecule has 0 aliphatic carbocycles. The molecule has 5 rings (SSSR count). The summed E-state index contributed by atoms with van der Waals surface area (Å²) in [5, 5.41) is 20.8. The van der Waals surface area contributed by atoms with Crippen LogP contribution in [0.3, 0.4) is 0 Å². The van der Waals surface area contributed by atoms with E-state index < -0.39 is 6.10 Å².